The number of aliphatic hydroxyl groups excluding tert-OH is 1. The van der Waals surface area contributed by atoms with Crippen molar-refractivity contribution in [1.29, 1.82) is 0 Å². The highest BCUT2D eigenvalue weighted by Crippen LogP contribution is 2.38. The lowest BCUT2D eigenvalue weighted by Crippen LogP contribution is -2.45. The molecule has 62 heavy (non-hydrogen) atoms. The number of aliphatic hydroxyl groups is 1. The Labute approximate surface area is 383 Å². The highest BCUT2D eigenvalue weighted by Gasteiger charge is 2.23. The monoisotopic (exact) mass is 891 g/mol. The number of nitrogens with one attached hydrogen (secondary N) is 1. The predicted octanol–water partition coefficient (Wildman–Crippen LogP) is 14.3. The van der Waals surface area contributed by atoms with E-state index in [-0.39, 0.29) is 19.1 Å². The van der Waals surface area contributed by atoms with Gasteiger partial charge in [0.05, 0.1) is 39.9 Å². The lowest BCUT2D eigenvalue weighted by Gasteiger charge is -2.29. The topological polar surface area (TPSA) is 108 Å². The second-order valence-electron chi connectivity index (χ2n) is 18.5. The van der Waals surface area contributed by atoms with Crippen molar-refractivity contribution in [1.82, 2.24) is 5.32 Å². The van der Waals surface area contributed by atoms with Crippen LogP contribution in [0.25, 0.3) is 0 Å². The number of hydrogen-bond donors (Lipinski definition) is 2. The number of unbranched alkanes of at least 4 members (excludes halogenated alkanes) is 25. The number of carbonyl (C=O) groups is 1. The molecule has 0 saturated heterocycles. The van der Waals surface area contributed by atoms with E-state index in [1.54, 1.807) is 6.08 Å². The van der Waals surface area contributed by atoms with Crippen molar-refractivity contribution in [3.63, 3.8) is 0 Å². The van der Waals surface area contributed by atoms with E-state index < -0.39 is 20.0 Å². The number of phosphoric acid groups is 1. The summed E-state index contributed by atoms with van der Waals surface area (Å²) in [4.78, 5) is 25.4. The van der Waals surface area contributed by atoms with Gasteiger partial charge in [-0.25, -0.2) is 0 Å². The molecule has 2 N–H and O–H groups in total. The van der Waals surface area contributed by atoms with Crippen molar-refractivity contribution in [2.45, 2.75) is 231 Å². The molecule has 0 aromatic heterocycles. The molecular weight excluding hydrogens is 792 g/mol. The first-order valence-corrected chi connectivity index (χ1v) is 27.1. The van der Waals surface area contributed by atoms with Crippen LogP contribution < -0.4 is 10.2 Å². The third-order valence-corrected chi connectivity index (χ3v) is 12.2. The summed E-state index contributed by atoms with van der Waals surface area (Å²) in [6, 6.07) is -0.897. The average Bonchev–Trinajstić information content (AvgIpc) is 3.23. The number of carbonyl (C=O) groups excluding carboxylic acids is 1. The van der Waals surface area contributed by atoms with Crippen LogP contribution >= 0.6 is 7.82 Å². The molecule has 362 valence electrons. The van der Waals surface area contributed by atoms with E-state index in [0.29, 0.717) is 17.4 Å². The van der Waals surface area contributed by atoms with E-state index in [0.717, 1.165) is 77.0 Å². The first-order valence-electron chi connectivity index (χ1n) is 25.7. The van der Waals surface area contributed by atoms with Gasteiger partial charge in [0.25, 0.3) is 7.82 Å². The fourth-order valence-electron chi connectivity index (χ4n) is 7.20. The molecule has 0 aliphatic carbocycles. The lowest BCUT2D eigenvalue weighted by molar-refractivity contribution is -0.870. The van der Waals surface area contributed by atoms with Crippen LogP contribution in [0.1, 0.15) is 219 Å². The number of likely N-dealkylation sites (N-methyl/N-ethyl adjacent to an activating group) is 1. The molecule has 3 unspecified atom stereocenters. The maximum Gasteiger partial charge on any atom is 0.268 e. The second kappa shape index (κ2) is 44.4. The Kier molecular flexibility index (Phi) is 43.1. The van der Waals surface area contributed by atoms with E-state index in [9.17, 15) is 19.4 Å². The van der Waals surface area contributed by atoms with E-state index >= 15 is 0 Å². The van der Waals surface area contributed by atoms with Crippen molar-refractivity contribution < 1.29 is 32.9 Å². The zero-order chi connectivity index (χ0) is 45.7. The van der Waals surface area contributed by atoms with Crippen LogP contribution in [0, 0.1) is 0 Å². The van der Waals surface area contributed by atoms with E-state index in [1.807, 2.05) is 27.2 Å². The van der Waals surface area contributed by atoms with Crippen molar-refractivity contribution >= 4 is 13.7 Å². The number of quaternary nitrogens is 1. The van der Waals surface area contributed by atoms with Crippen molar-refractivity contribution in [3.05, 3.63) is 60.8 Å². The molecule has 9 heteroatoms. The zero-order valence-corrected chi connectivity index (χ0v) is 42.0. The Balaban J connectivity index is 4.35. The molecular formula is C53H99N2O6P. The van der Waals surface area contributed by atoms with Crippen LogP contribution in [-0.4, -0.2) is 68.5 Å². The lowest BCUT2D eigenvalue weighted by atomic mass is 10.0. The molecule has 0 rings (SSSR count). The van der Waals surface area contributed by atoms with Gasteiger partial charge in [0.1, 0.15) is 13.2 Å². The normalized spacial score (nSPS) is 14.6. The summed E-state index contributed by atoms with van der Waals surface area (Å²) in [5.41, 5.74) is 0. The van der Waals surface area contributed by atoms with Gasteiger partial charge in [-0.3, -0.25) is 9.36 Å². The van der Waals surface area contributed by atoms with Crippen LogP contribution in [0.5, 0.6) is 0 Å². The molecule has 0 saturated carbocycles. The highest BCUT2D eigenvalue weighted by atomic mass is 31.2. The van der Waals surface area contributed by atoms with Crippen molar-refractivity contribution in [2.75, 3.05) is 40.9 Å². The minimum absolute atomic E-state index is 0.00632. The maximum atomic E-state index is 12.9. The highest BCUT2D eigenvalue weighted by molar-refractivity contribution is 7.45. The number of nitrogens with zero attached hydrogens (tertiary/aromatic N) is 1. The number of allylic oxidation sites excluding steroid dienone is 9. The Hall–Kier alpha value is -1.80. The Morgan fingerprint density at radius 2 is 0.984 bits per heavy atom. The summed E-state index contributed by atoms with van der Waals surface area (Å²) in [6.07, 6.45) is 58.4. The van der Waals surface area contributed by atoms with Gasteiger partial charge >= 0.3 is 0 Å². The van der Waals surface area contributed by atoms with Gasteiger partial charge in [0, 0.05) is 6.42 Å². The van der Waals surface area contributed by atoms with Crippen LogP contribution in [-0.2, 0) is 18.4 Å². The Morgan fingerprint density at radius 1 is 0.581 bits per heavy atom. The van der Waals surface area contributed by atoms with Crippen LogP contribution in [0.4, 0.5) is 0 Å². The summed E-state index contributed by atoms with van der Waals surface area (Å²) in [5, 5.41) is 13.8. The first-order chi connectivity index (χ1) is 30.0. The van der Waals surface area contributed by atoms with Crippen LogP contribution in [0.3, 0.4) is 0 Å². The van der Waals surface area contributed by atoms with Gasteiger partial charge in [0.2, 0.25) is 5.91 Å². The summed E-state index contributed by atoms with van der Waals surface area (Å²) in [6.45, 7) is 4.53. The minimum atomic E-state index is -4.60. The summed E-state index contributed by atoms with van der Waals surface area (Å²) in [5.74, 6) is -0.212. The second-order valence-corrected chi connectivity index (χ2v) is 19.9. The molecule has 0 bridgehead atoms. The summed E-state index contributed by atoms with van der Waals surface area (Å²) in [7, 11) is 1.25. The number of amides is 1. The Bertz CT molecular complexity index is 1190. The largest absolute Gasteiger partial charge is 0.756 e. The molecule has 3 atom stereocenters. The fraction of sp³-hybridized carbons (Fsp3) is 0.792. The van der Waals surface area contributed by atoms with Crippen LogP contribution in [0.15, 0.2) is 60.8 Å². The van der Waals surface area contributed by atoms with Gasteiger partial charge in [0.15, 0.2) is 0 Å². The van der Waals surface area contributed by atoms with Gasteiger partial charge in [-0.15, -0.1) is 0 Å². The van der Waals surface area contributed by atoms with Crippen LogP contribution in [0.2, 0.25) is 0 Å². The maximum absolute atomic E-state index is 12.9. The third kappa shape index (κ3) is 46.2. The summed E-state index contributed by atoms with van der Waals surface area (Å²) < 4.78 is 23.3. The van der Waals surface area contributed by atoms with Crippen molar-refractivity contribution in [3.8, 4) is 0 Å². The molecule has 0 fully saturated rings. The summed E-state index contributed by atoms with van der Waals surface area (Å²) >= 11 is 0. The van der Waals surface area contributed by atoms with Gasteiger partial charge < -0.3 is 28.8 Å². The van der Waals surface area contributed by atoms with E-state index in [4.69, 9.17) is 9.05 Å². The fourth-order valence-corrected chi connectivity index (χ4v) is 7.93. The molecule has 0 aromatic carbocycles. The van der Waals surface area contributed by atoms with Crippen molar-refractivity contribution in [2.24, 2.45) is 0 Å². The van der Waals surface area contributed by atoms with E-state index in [1.165, 1.54) is 122 Å². The smallest absolute Gasteiger partial charge is 0.268 e. The predicted molar refractivity (Wildman–Crippen MR) is 265 cm³/mol. The minimum Gasteiger partial charge on any atom is -0.756 e. The molecule has 0 aromatic rings. The molecule has 0 aliphatic heterocycles. The van der Waals surface area contributed by atoms with Gasteiger partial charge in [-0.05, 0) is 57.8 Å². The van der Waals surface area contributed by atoms with Gasteiger partial charge in [-0.1, -0.05) is 216 Å². The molecule has 8 nitrogen and oxygen atoms in total. The average molecular weight is 891 g/mol. The standard InChI is InChI=1S/C53H99N2O6P/c1-6-8-10-12-14-16-18-20-22-24-26-27-29-30-32-34-36-38-40-42-44-46-52(56)51(50-61-62(58,59)60-49-48-55(3,4)5)54-53(57)47-45-43-41-39-37-35-33-31-28-25-23-21-19-17-15-13-11-9-7-2/h9,11,15,17,21,23,28,31,44,46,51-52,56H,6-8,10,12-14,16,18-20,22,24-27,29-30,32-43,45,47-50H2,1-5H3,(H-,54,57,58,59)/b11-9-,17-15-,23-21-,31-28-,46-44+. The van der Waals surface area contributed by atoms with Gasteiger partial charge in [-0.2, -0.15) is 0 Å². The molecule has 0 aliphatic rings. The number of hydrogen-bond acceptors (Lipinski definition) is 6. The third-order valence-electron chi connectivity index (χ3n) is 11.2. The SMILES string of the molecule is CC/C=C\C/C=C\C/C=C\C/C=C\CCCCCCCCC(=O)NC(COP(=O)([O-])OCC[N+](C)(C)C)C(O)/C=C/CCCCCCCCCCCCCCCCCCCCC. The number of phosphoric ester groups is 1. The van der Waals surface area contributed by atoms with E-state index in [2.05, 4.69) is 67.8 Å². The quantitative estimate of drug-likeness (QED) is 0.0273. The zero-order valence-electron chi connectivity index (χ0n) is 41.1. The molecule has 1 amide bonds. The molecule has 0 radical (unpaired) electrons. The Morgan fingerprint density at radius 3 is 1.44 bits per heavy atom. The molecule has 0 spiro atoms. The number of rotatable bonds is 46. The molecule has 0 heterocycles. The first kappa shape index (κ1) is 60.2.